The van der Waals surface area contributed by atoms with Crippen LogP contribution in [0, 0.1) is 23.7 Å². The number of rotatable bonds is 5. The third-order valence-corrected chi connectivity index (χ3v) is 8.57. The molecule has 1 saturated heterocycles. The van der Waals surface area contributed by atoms with Crippen molar-refractivity contribution in [3.8, 4) is 0 Å². The van der Waals surface area contributed by atoms with Gasteiger partial charge in [0.2, 0.25) is 0 Å². The minimum atomic E-state index is 0.584. The van der Waals surface area contributed by atoms with Crippen molar-refractivity contribution >= 4 is 15.0 Å². The van der Waals surface area contributed by atoms with E-state index in [1.54, 1.807) is 0 Å². The zero-order valence-electron chi connectivity index (χ0n) is 13.2. The summed E-state index contributed by atoms with van der Waals surface area (Å²) in [5.74, 6) is 3.76. The molecule has 1 nitrogen and oxygen atoms in total. The molecule has 2 heteroatoms. The van der Waals surface area contributed by atoms with Crippen molar-refractivity contribution in [1.29, 1.82) is 0 Å². The summed E-state index contributed by atoms with van der Waals surface area (Å²) in [5.41, 5.74) is 0. The zero-order valence-corrected chi connectivity index (χ0v) is 14.9. The number of hydrogen-bond donors (Lipinski definition) is 0. The Morgan fingerprint density at radius 2 is 2.00 bits per heavy atom. The van der Waals surface area contributed by atoms with Crippen LogP contribution in [-0.4, -0.2) is 27.7 Å². The fraction of sp³-hybridized carbons (Fsp3) is 1.00. The van der Waals surface area contributed by atoms with Crippen LogP contribution in [0.25, 0.3) is 0 Å². The van der Waals surface area contributed by atoms with Gasteiger partial charge < -0.3 is 0 Å². The van der Waals surface area contributed by atoms with E-state index >= 15 is 0 Å². The molecule has 0 aromatic rings. The van der Waals surface area contributed by atoms with Crippen LogP contribution in [0.5, 0.6) is 0 Å². The van der Waals surface area contributed by atoms with Crippen LogP contribution >= 0.6 is 0 Å². The fourth-order valence-corrected chi connectivity index (χ4v) is 8.16. The molecule has 1 aliphatic carbocycles. The van der Waals surface area contributed by atoms with E-state index in [1.165, 1.54) is 37.4 Å². The first-order chi connectivity index (χ1) is 9.11. The first-order valence-corrected chi connectivity index (χ1v) is 10.5. The van der Waals surface area contributed by atoms with Crippen LogP contribution in [0.3, 0.4) is 0 Å². The van der Waals surface area contributed by atoms with E-state index < -0.39 is 0 Å². The summed E-state index contributed by atoms with van der Waals surface area (Å²) in [5, 5.41) is 1.48. The van der Waals surface area contributed by atoms with Gasteiger partial charge in [0, 0.05) is 0 Å². The van der Waals surface area contributed by atoms with Crippen molar-refractivity contribution in [1.82, 2.24) is 0 Å². The number of hydrogen-bond acceptors (Lipinski definition) is 1. The van der Waals surface area contributed by atoms with Crippen LogP contribution in [0.4, 0.5) is 0 Å². The summed E-state index contributed by atoms with van der Waals surface area (Å²) < 4.78 is 5.86. The molecule has 0 bridgehead atoms. The predicted molar refractivity (Wildman–Crippen MR) is 83.8 cm³/mol. The van der Waals surface area contributed by atoms with Crippen LogP contribution in [0.15, 0.2) is 0 Å². The van der Waals surface area contributed by atoms with Gasteiger partial charge in [0.25, 0.3) is 0 Å². The molecule has 5 atom stereocenters. The quantitative estimate of drug-likeness (QED) is 0.657. The topological polar surface area (TPSA) is 9.23 Å². The van der Waals surface area contributed by atoms with Crippen LogP contribution < -0.4 is 0 Å². The summed E-state index contributed by atoms with van der Waals surface area (Å²) in [4.78, 5) is 1.05. The summed E-state index contributed by atoms with van der Waals surface area (Å²) in [6.45, 7) is 10.7. The Labute approximate surface area is 126 Å². The van der Waals surface area contributed by atoms with E-state index in [-0.39, 0.29) is 0 Å². The SMILES string of the molecule is CC[C@@H]1OCC[C@H]1C[Se][C@H]1C[C@H](C)CC[C@H]1C(C)C. The van der Waals surface area contributed by atoms with Crippen molar-refractivity contribution in [3.05, 3.63) is 0 Å². The molecule has 0 aromatic heterocycles. The van der Waals surface area contributed by atoms with Crippen molar-refractivity contribution < 1.29 is 4.74 Å². The Kier molecular flexibility index (Phi) is 6.24. The summed E-state index contributed by atoms with van der Waals surface area (Å²) >= 11 is 0.843. The molecule has 0 aromatic carbocycles. The van der Waals surface area contributed by atoms with E-state index in [2.05, 4.69) is 27.7 Å². The van der Waals surface area contributed by atoms with Gasteiger partial charge in [-0.05, 0) is 0 Å². The van der Waals surface area contributed by atoms with Gasteiger partial charge in [-0.3, -0.25) is 0 Å². The van der Waals surface area contributed by atoms with Crippen molar-refractivity contribution in [3.63, 3.8) is 0 Å². The average molecular weight is 331 g/mol. The maximum absolute atomic E-state index is 5.86. The summed E-state index contributed by atoms with van der Waals surface area (Å²) in [7, 11) is 0. The molecule has 19 heavy (non-hydrogen) atoms. The second kappa shape index (κ2) is 7.48. The second-order valence-electron chi connectivity index (χ2n) is 7.06. The van der Waals surface area contributed by atoms with Gasteiger partial charge >= 0.3 is 126 Å². The minimum absolute atomic E-state index is 0.584. The molecule has 1 heterocycles. The molecule has 0 spiro atoms. The Bertz CT molecular complexity index is 266. The third kappa shape index (κ3) is 4.22. The molecule has 0 radical (unpaired) electrons. The van der Waals surface area contributed by atoms with Gasteiger partial charge in [-0.2, -0.15) is 0 Å². The molecule has 112 valence electrons. The van der Waals surface area contributed by atoms with E-state index in [0.29, 0.717) is 6.10 Å². The average Bonchev–Trinajstić information content (AvgIpc) is 2.83. The number of ether oxygens (including phenoxy) is 1. The van der Waals surface area contributed by atoms with Gasteiger partial charge in [-0.25, -0.2) is 0 Å². The van der Waals surface area contributed by atoms with E-state index in [0.717, 1.165) is 50.1 Å². The van der Waals surface area contributed by atoms with Crippen molar-refractivity contribution in [2.45, 2.75) is 76.0 Å². The molecule has 2 rings (SSSR count). The molecule has 0 amide bonds. The molecule has 1 aliphatic heterocycles. The van der Waals surface area contributed by atoms with Crippen LogP contribution in [0.2, 0.25) is 10.1 Å². The Morgan fingerprint density at radius 1 is 1.21 bits per heavy atom. The van der Waals surface area contributed by atoms with Crippen LogP contribution in [-0.2, 0) is 4.74 Å². The van der Waals surface area contributed by atoms with Gasteiger partial charge in [0.15, 0.2) is 0 Å². The molecular formula is C17H32OSe. The van der Waals surface area contributed by atoms with Gasteiger partial charge in [0.1, 0.15) is 0 Å². The third-order valence-electron chi connectivity index (χ3n) is 5.23. The molecule has 2 aliphatic rings. The standard InChI is InChI=1S/C17H32OSe/c1-5-16-14(8-9-18-16)11-19-17-10-13(4)6-7-15(17)12(2)3/h12-17H,5-11H2,1-4H3/t13-,14+,15+,16+,17+/m1/s1. The van der Waals surface area contributed by atoms with Crippen LogP contribution in [0.1, 0.15) is 59.8 Å². The van der Waals surface area contributed by atoms with Crippen molar-refractivity contribution in [2.75, 3.05) is 6.61 Å². The Balaban J connectivity index is 1.85. The second-order valence-corrected chi connectivity index (χ2v) is 9.73. The first-order valence-electron chi connectivity index (χ1n) is 8.35. The molecular weight excluding hydrogens is 299 g/mol. The normalized spacial score (nSPS) is 39.9. The zero-order chi connectivity index (χ0) is 13.8. The first kappa shape index (κ1) is 15.9. The summed E-state index contributed by atoms with van der Waals surface area (Å²) in [6.07, 6.45) is 7.60. The summed E-state index contributed by atoms with van der Waals surface area (Å²) in [6, 6.07) is 0. The van der Waals surface area contributed by atoms with E-state index in [9.17, 15) is 0 Å². The molecule has 0 N–H and O–H groups in total. The van der Waals surface area contributed by atoms with Gasteiger partial charge in [-0.15, -0.1) is 0 Å². The van der Waals surface area contributed by atoms with Gasteiger partial charge in [0.05, 0.1) is 0 Å². The Hall–Kier alpha value is 0.479. The monoisotopic (exact) mass is 332 g/mol. The fourth-order valence-electron chi connectivity index (χ4n) is 3.89. The van der Waals surface area contributed by atoms with Gasteiger partial charge in [-0.1, -0.05) is 0 Å². The molecule has 2 fully saturated rings. The van der Waals surface area contributed by atoms with Crippen molar-refractivity contribution in [2.24, 2.45) is 23.7 Å². The maximum atomic E-state index is 5.86. The van der Waals surface area contributed by atoms with E-state index in [1.807, 2.05) is 0 Å². The molecule has 0 unspecified atom stereocenters. The molecule has 1 saturated carbocycles. The van der Waals surface area contributed by atoms with E-state index in [4.69, 9.17) is 4.74 Å². The predicted octanol–water partition coefficient (Wildman–Crippen LogP) is 4.80. The Morgan fingerprint density at radius 3 is 2.68 bits per heavy atom.